The molecule has 0 aliphatic rings. The quantitative estimate of drug-likeness (QED) is 0.619. The molecule has 1 unspecified atom stereocenters. The van der Waals surface area contributed by atoms with Crippen molar-refractivity contribution in [1.29, 1.82) is 0 Å². The fourth-order valence-corrected chi connectivity index (χ4v) is 2.23. The van der Waals surface area contributed by atoms with Gasteiger partial charge in [-0.15, -0.1) is 0 Å². The molecule has 0 saturated heterocycles. The zero-order valence-electron chi connectivity index (χ0n) is 10.8. The molecule has 0 aromatic heterocycles. The van der Waals surface area contributed by atoms with Crippen LogP contribution in [0.15, 0.2) is 29.2 Å². The van der Waals surface area contributed by atoms with Crippen LogP contribution in [-0.2, 0) is 14.6 Å². The number of ketones is 1. The number of nitrogens with one attached hydrogen (secondary N) is 1. The number of halogens is 3. The lowest BCUT2D eigenvalue weighted by atomic mass is 10.1. The van der Waals surface area contributed by atoms with Gasteiger partial charge in [-0.1, -0.05) is 35.3 Å². The number of hydrogen-bond donors (Lipinski definition) is 1. The minimum absolute atomic E-state index is 0.0291. The molecular formula is C12H12Cl2FNO4S. The Morgan fingerprint density at radius 2 is 1.76 bits per heavy atom. The van der Waals surface area contributed by atoms with Gasteiger partial charge >= 0.3 is 0 Å². The normalized spacial score (nSPS) is 13.0. The molecule has 0 saturated carbocycles. The number of Topliss-reactive ketones (excluding diaryl/α,β-unsaturated/α-hetero) is 1. The molecule has 21 heavy (non-hydrogen) atoms. The van der Waals surface area contributed by atoms with Gasteiger partial charge in [-0.3, -0.25) is 9.59 Å². The predicted molar refractivity (Wildman–Crippen MR) is 77.3 cm³/mol. The third-order valence-electron chi connectivity index (χ3n) is 2.55. The molecule has 0 bridgehead atoms. The van der Waals surface area contributed by atoms with Gasteiger partial charge in [0.25, 0.3) is 5.91 Å². The summed E-state index contributed by atoms with van der Waals surface area (Å²) in [5.41, 5.74) is 0.0612. The molecule has 0 fully saturated rings. The van der Waals surface area contributed by atoms with Crippen molar-refractivity contribution in [2.45, 2.75) is 15.8 Å². The number of carbonyl (C=O) groups excluding carboxylic acids is 2. The molecule has 0 spiro atoms. The Kier molecular flexibility index (Phi) is 6.12. The highest BCUT2D eigenvalue weighted by Crippen LogP contribution is 2.12. The fourth-order valence-electron chi connectivity index (χ4n) is 1.48. The molecule has 1 rings (SSSR count). The molecule has 1 N–H and O–H groups in total. The average Bonchev–Trinajstić information content (AvgIpc) is 2.42. The Morgan fingerprint density at radius 1 is 1.24 bits per heavy atom. The number of hydrogen-bond acceptors (Lipinski definition) is 4. The highest BCUT2D eigenvalue weighted by atomic mass is 35.5. The van der Waals surface area contributed by atoms with Crippen LogP contribution in [0.25, 0.3) is 0 Å². The van der Waals surface area contributed by atoms with Gasteiger partial charge in [-0.25, -0.2) is 12.8 Å². The number of alkyl halides is 3. The summed E-state index contributed by atoms with van der Waals surface area (Å²) >= 11 is 10.6. The predicted octanol–water partition coefficient (Wildman–Crippen LogP) is 1.53. The molecular weight excluding hydrogens is 344 g/mol. The first kappa shape index (κ1) is 17.9. The van der Waals surface area contributed by atoms with Crippen LogP contribution in [0.3, 0.4) is 0 Å². The zero-order valence-corrected chi connectivity index (χ0v) is 13.2. The summed E-state index contributed by atoms with van der Waals surface area (Å²) in [5.74, 6) is -1.60. The van der Waals surface area contributed by atoms with Gasteiger partial charge in [0.05, 0.1) is 4.90 Å². The molecule has 1 aromatic rings. The maximum atomic E-state index is 12.9. The second-order valence-electron chi connectivity index (χ2n) is 4.18. The van der Waals surface area contributed by atoms with Crippen molar-refractivity contribution in [2.75, 3.05) is 12.9 Å². The molecule has 0 radical (unpaired) electrons. The topological polar surface area (TPSA) is 80.3 Å². The molecule has 116 valence electrons. The van der Waals surface area contributed by atoms with Crippen molar-refractivity contribution >= 4 is 44.7 Å². The van der Waals surface area contributed by atoms with E-state index in [1.165, 1.54) is 24.3 Å². The van der Waals surface area contributed by atoms with E-state index >= 15 is 0 Å². The lowest BCUT2D eigenvalue weighted by molar-refractivity contribution is -0.120. The number of rotatable bonds is 6. The Bertz CT molecular complexity index is 631. The molecule has 0 heterocycles. The van der Waals surface area contributed by atoms with E-state index < -0.39 is 39.1 Å². The summed E-state index contributed by atoms with van der Waals surface area (Å²) in [5, 5.41) is 2.06. The van der Waals surface area contributed by atoms with E-state index in [1.807, 2.05) is 0 Å². The van der Waals surface area contributed by atoms with E-state index in [9.17, 15) is 22.4 Å². The van der Waals surface area contributed by atoms with E-state index in [0.29, 0.717) is 0 Å². The van der Waals surface area contributed by atoms with E-state index in [0.717, 1.165) is 6.26 Å². The molecule has 5 nitrogen and oxygen atoms in total. The highest BCUT2D eigenvalue weighted by Gasteiger charge is 2.24. The van der Waals surface area contributed by atoms with Crippen molar-refractivity contribution in [2.24, 2.45) is 0 Å². The SMILES string of the molecule is CS(=O)(=O)c1ccc(C(=O)C(CF)NC(=O)C(Cl)Cl)cc1. The Hall–Kier alpha value is -1.18. The van der Waals surface area contributed by atoms with Crippen LogP contribution in [0.5, 0.6) is 0 Å². The van der Waals surface area contributed by atoms with Gasteiger partial charge in [0, 0.05) is 11.8 Å². The van der Waals surface area contributed by atoms with Crippen LogP contribution < -0.4 is 5.32 Å². The van der Waals surface area contributed by atoms with Gasteiger partial charge in [0.15, 0.2) is 20.5 Å². The van der Waals surface area contributed by atoms with E-state index in [4.69, 9.17) is 23.2 Å². The fraction of sp³-hybridized carbons (Fsp3) is 0.333. The summed E-state index contributed by atoms with van der Waals surface area (Å²) in [6.45, 7) is -1.14. The van der Waals surface area contributed by atoms with Crippen LogP contribution in [0.1, 0.15) is 10.4 Å². The minimum Gasteiger partial charge on any atom is -0.341 e. The smallest absolute Gasteiger partial charge is 0.253 e. The van der Waals surface area contributed by atoms with Crippen molar-refractivity contribution in [3.8, 4) is 0 Å². The second kappa shape index (κ2) is 7.20. The van der Waals surface area contributed by atoms with Gasteiger partial charge in [0.2, 0.25) is 0 Å². The average molecular weight is 356 g/mol. The monoisotopic (exact) mass is 355 g/mol. The van der Waals surface area contributed by atoms with Crippen LogP contribution >= 0.6 is 23.2 Å². The lowest BCUT2D eigenvalue weighted by Gasteiger charge is -2.14. The summed E-state index contributed by atoms with van der Waals surface area (Å²) in [6.07, 6.45) is 1.02. The van der Waals surface area contributed by atoms with E-state index in [2.05, 4.69) is 5.32 Å². The molecule has 0 aliphatic carbocycles. The second-order valence-corrected chi connectivity index (χ2v) is 7.29. The molecule has 1 aromatic carbocycles. The van der Waals surface area contributed by atoms with Gasteiger partial charge in [0.1, 0.15) is 12.7 Å². The number of benzene rings is 1. The highest BCUT2D eigenvalue weighted by molar-refractivity contribution is 7.90. The Morgan fingerprint density at radius 3 is 2.14 bits per heavy atom. The molecule has 1 amide bonds. The standard InChI is InChI=1S/C12H12Cl2FNO4S/c1-21(19,20)8-4-2-7(3-5-8)10(17)9(6-15)16-12(18)11(13)14/h2-5,9,11H,6H2,1H3,(H,16,18). The number of amides is 1. The van der Waals surface area contributed by atoms with Crippen molar-refractivity contribution in [3.63, 3.8) is 0 Å². The van der Waals surface area contributed by atoms with Crippen molar-refractivity contribution in [3.05, 3.63) is 29.8 Å². The lowest BCUT2D eigenvalue weighted by Crippen LogP contribution is -2.44. The largest absolute Gasteiger partial charge is 0.341 e. The van der Waals surface area contributed by atoms with Crippen molar-refractivity contribution < 1.29 is 22.4 Å². The first-order chi connectivity index (χ1) is 9.66. The first-order valence-corrected chi connectivity index (χ1v) is 8.42. The summed E-state index contributed by atoms with van der Waals surface area (Å²) < 4.78 is 35.5. The number of sulfone groups is 1. The number of carbonyl (C=O) groups is 2. The third-order valence-corrected chi connectivity index (χ3v) is 4.08. The van der Waals surface area contributed by atoms with Crippen LogP contribution in [-0.4, -0.2) is 43.9 Å². The summed E-state index contributed by atoms with van der Waals surface area (Å²) in [6, 6.07) is 3.51. The Labute approximate surface area is 131 Å². The van der Waals surface area contributed by atoms with Gasteiger partial charge in [-0.05, 0) is 12.1 Å². The third kappa shape index (κ3) is 4.94. The van der Waals surface area contributed by atoms with E-state index in [-0.39, 0.29) is 10.5 Å². The van der Waals surface area contributed by atoms with E-state index in [1.54, 1.807) is 0 Å². The molecule has 0 aliphatic heterocycles. The van der Waals surface area contributed by atoms with Crippen LogP contribution in [0.2, 0.25) is 0 Å². The summed E-state index contributed by atoms with van der Waals surface area (Å²) in [4.78, 5) is 21.9. The Balaban J connectivity index is 2.93. The van der Waals surface area contributed by atoms with Crippen molar-refractivity contribution in [1.82, 2.24) is 5.32 Å². The first-order valence-electron chi connectivity index (χ1n) is 5.65. The summed E-state index contributed by atoms with van der Waals surface area (Å²) in [7, 11) is -3.39. The van der Waals surface area contributed by atoms with Crippen LogP contribution in [0.4, 0.5) is 4.39 Å². The zero-order chi connectivity index (χ0) is 16.2. The van der Waals surface area contributed by atoms with Gasteiger partial charge in [-0.2, -0.15) is 0 Å². The minimum atomic E-state index is -3.39. The maximum absolute atomic E-state index is 12.9. The molecule has 1 atom stereocenters. The van der Waals surface area contributed by atoms with Crippen LogP contribution in [0, 0.1) is 0 Å². The molecule has 9 heteroatoms. The maximum Gasteiger partial charge on any atom is 0.253 e. The van der Waals surface area contributed by atoms with Gasteiger partial charge < -0.3 is 5.32 Å².